The van der Waals surface area contributed by atoms with Crippen LogP contribution in [-0.2, 0) is 28.6 Å². The molecule has 6 heteroatoms. The third kappa shape index (κ3) is 2.62. The fourth-order valence-corrected chi connectivity index (χ4v) is 3.02. The van der Waals surface area contributed by atoms with Gasteiger partial charge in [-0.2, -0.15) is 0 Å². The summed E-state index contributed by atoms with van der Waals surface area (Å²) in [4.78, 5) is 35.3. The lowest BCUT2D eigenvalue weighted by Crippen LogP contribution is -2.52. The predicted octanol–water partition coefficient (Wildman–Crippen LogP) is 1.01. The van der Waals surface area contributed by atoms with E-state index in [1.165, 1.54) is 0 Å². The first-order valence-electron chi connectivity index (χ1n) is 7.01. The first-order chi connectivity index (χ1) is 9.58. The van der Waals surface area contributed by atoms with Crippen LogP contribution in [0.15, 0.2) is 0 Å². The van der Waals surface area contributed by atoms with Crippen LogP contribution in [0.4, 0.5) is 0 Å². The summed E-state index contributed by atoms with van der Waals surface area (Å²) >= 11 is 0. The zero-order valence-corrected chi connectivity index (χ0v) is 11.7. The summed E-state index contributed by atoms with van der Waals surface area (Å²) < 4.78 is 16.3. The molecule has 1 heterocycles. The maximum absolute atomic E-state index is 12.4. The topological polar surface area (TPSA) is 78.9 Å². The molecular formula is C14H20O6. The minimum atomic E-state index is -1.31. The quantitative estimate of drug-likeness (QED) is 0.426. The molecule has 1 saturated heterocycles. The van der Waals surface area contributed by atoms with Crippen molar-refractivity contribution in [2.45, 2.75) is 44.8 Å². The van der Waals surface area contributed by atoms with E-state index >= 15 is 0 Å². The van der Waals surface area contributed by atoms with Crippen molar-refractivity contribution in [3.63, 3.8) is 0 Å². The first kappa shape index (κ1) is 15.1. The highest BCUT2D eigenvalue weighted by atomic mass is 16.7. The van der Waals surface area contributed by atoms with Gasteiger partial charge in [-0.15, -0.1) is 0 Å². The van der Waals surface area contributed by atoms with Crippen LogP contribution in [0.3, 0.4) is 0 Å². The van der Waals surface area contributed by atoms with Crippen molar-refractivity contribution in [1.82, 2.24) is 0 Å². The number of carbonyl (C=O) groups excluding carboxylic acids is 3. The molecule has 1 aliphatic carbocycles. The van der Waals surface area contributed by atoms with Gasteiger partial charge in [-0.1, -0.05) is 0 Å². The highest BCUT2D eigenvalue weighted by Gasteiger charge is 2.57. The maximum atomic E-state index is 12.4. The predicted molar refractivity (Wildman–Crippen MR) is 67.9 cm³/mol. The summed E-state index contributed by atoms with van der Waals surface area (Å²) in [5, 5.41) is 0. The Bertz CT molecular complexity index is 398. The van der Waals surface area contributed by atoms with E-state index in [0.717, 1.165) is 0 Å². The fraction of sp³-hybridized carbons (Fsp3) is 0.786. The second-order valence-corrected chi connectivity index (χ2v) is 5.22. The molecule has 1 atom stereocenters. The molecule has 20 heavy (non-hydrogen) atoms. The van der Waals surface area contributed by atoms with Gasteiger partial charge in [-0.05, 0) is 13.3 Å². The number of esters is 1. The smallest absolute Gasteiger partial charge is 0.319 e. The Morgan fingerprint density at radius 1 is 1.40 bits per heavy atom. The molecule has 1 saturated carbocycles. The molecule has 0 N–H and O–H groups in total. The van der Waals surface area contributed by atoms with Crippen LogP contribution >= 0.6 is 0 Å². The fourth-order valence-electron chi connectivity index (χ4n) is 3.02. The van der Waals surface area contributed by atoms with Crippen molar-refractivity contribution in [3.05, 3.63) is 0 Å². The van der Waals surface area contributed by atoms with Crippen LogP contribution in [-0.4, -0.2) is 43.6 Å². The van der Waals surface area contributed by atoms with Crippen molar-refractivity contribution in [2.75, 3.05) is 19.8 Å². The lowest BCUT2D eigenvalue weighted by molar-refractivity contribution is -0.210. The Morgan fingerprint density at radius 2 is 2.10 bits per heavy atom. The molecule has 2 fully saturated rings. The average Bonchev–Trinajstić information content (AvgIpc) is 2.89. The minimum absolute atomic E-state index is 0.140. The number of hydrogen-bond donors (Lipinski definition) is 0. The van der Waals surface area contributed by atoms with Gasteiger partial charge in [-0.3, -0.25) is 9.59 Å². The van der Waals surface area contributed by atoms with Crippen LogP contribution in [0.25, 0.3) is 0 Å². The second kappa shape index (κ2) is 6.01. The van der Waals surface area contributed by atoms with E-state index in [4.69, 9.17) is 14.2 Å². The van der Waals surface area contributed by atoms with E-state index < -0.39 is 17.2 Å². The highest BCUT2D eigenvalue weighted by Crippen LogP contribution is 2.46. The minimum Gasteiger partial charge on any atom is -0.465 e. The van der Waals surface area contributed by atoms with Crippen LogP contribution in [0.2, 0.25) is 0 Å². The Morgan fingerprint density at radius 3 is 2.70 bits per heavy atom. The summed E-state index contributed by atoms with van der Waals surface area (Å²) in [6.07, 6.45) is 1.81. The van der Waals surface area contributed by atoms with Crippen LogP contribution in [0.1, 0.15) is 39.0 Å². The summed E-state index contributed by atoms with van der Waals surface area (Å²) in [7, 11) is 0. The molecule has 1 spiro atoms. The monoisotopic (exact) mass is 284 g/mol. The van der Waals surface area contributed by atoms with E-state index in [1.54, 1.807) is 6.92 Å². The van der Waals surface area contributed by atoms with Gasteiger partial charge in [0.15, 0.2) is 11.6 Å². The van der Waals surface area contributed by atoms with Crippen LogP contribution in [0.5, 0.6) is 0 Å². The normalized spacial score (nSPS) is 28.6. The highest BCUT2D eigenvalue weighted by molar-refractivity contribution is 6.04. The van der Waals surface area contributed by atoms with E-state index in [0.29, 0.717) is 25.9 Å². The van der Waals surface area contributed by atoms with Crippen molar-refractivity contribution in [1.29, 1.82) is 0 Å². The third-order valence-corrected chi connectivity index (χ3v) is 4.01. The Hall–Kier alpha value is -1.27. The summed E-state index contributed by atoms with van der Waals surface area (Å²) in [5.41, 5.74) is -1.31. The van der Waals surface area contributed by atoms with Gasteiger partial charge < -0.3 is 19.0 Å². The molecule has 0 bridgehead atoms. The number of ether oxygens (including phenoxy) is 3. The molecular weight excluding hydrogens is 264 g/mol. The molecule has 0 radical (unpaired) electrons. The number of aldehydes is 1. The van der Waals surface area contributed by atoms with Gasteiger partial charge >= 0.3 is 5.97 Å². The van der Waals surface area contributed by atoms with E-state index in [9.17, 15) is 14.4 Å². The van der Waals surface area contributed by atoms with Gasteiger partial charge in [-0.25, -0.2) is 0 Å². The van der Waals surface area contributed by atoms with E-state index in [1.807, 2.05) is 0 Å². The van der Waals surface area contributed by atoms with Crippen molar-refractivity contribution in [3.8, 4) is 0 Å². The van der Waals surface area contributed by atoms with Gasteiger partial charge in [0.2, 0.25) is 0 Å². The molecule has 2 rings (SSSR count). The Balaban J connectivity index is 2.27. The zero-order chi connectivity index (χ0) is 14.6. The van der Waals surface area contributed by atoms with Gasteiger partial charge in [0.25, 0.3) is 0 Å². The number of hydrogen-bond acceptors (Lipinski definition) is 6. The molecule has 6 nitrogen and oxygen atoms in total. The van der Waals surface area contributed by atoms with Gasteiger partial charge in [0.05, 0.1) is 19.8 Å². The van der Waals surface area contributed by atoms with Gasteiger partial charge in [0, 0.05) is 25.7 Å². The first-order valence-corrected chi connectivity index (χ1v) is 7.01. The van der Waals surface area contributed by atoms with Crippen LogP contribution < -0.4 is 0 Å². The second-order valence-electron chi connectivity index (χ2n) is 5.22. The number of Topliss-reactive ketones (excluding diaryl/α,β-unsaturated/α-hetero) is 1. The lowest BCUT2D eigenvalue weighted by Gasteiger charge is -2.41. The maximum Gasteiger partial charge on any atom is 0.319 e. The molecule has 112 valence electrons. The summed E-state index contributed by atoms with van der Waals surface area (Å²) in [5.74, 6) is -1.61. The average molecular weight is 284 g/mol. The lowest BCUT2D eigenvalue weighted by atomic mass is 9.67. The molecule has 0 aromatic heterocycles. The number of carbonyl (C=O) groups is 3. The van der Waals surface area contributed by atoms with Crippen molar-refractivity contribution < 1.29 is 28.6 Å². The SMILES string of the molecule is CCOC(=O)C1(CCC=O)CC2(CCC1=O)OCCO2. The van der Waals surface area contributed by atoms with Gasteiger partial charge in [0.1, 0.15) is 11.7 Å². The molecule has 1 unspecified atom stereocenters. The molecule has 0 aromatic carbocycles. The molecule has 0 aromatic rings. The zero-order valence-electron chi connectivity index (χ0n) is 11.7. The Kier molecular flexibility index (Phi) is 4.55. The number of ketones is 1. The molecule has 0 amide bonds. The number of rotatable bonds is 5. The third-order valence-electron chi connectivity index (χ3n) is 4.01. The van der Waals surface area contributed by atoms with Crippen molar-refractivity contribution >= 4 is 18.0 Å². The standard InChI is InChI=1S/C14H20O6/c1-2-18-12(17)13(5-3-7-15)10-14(6-4-11(13)16)19-8-9-20-14/h7H,2-6,8-10H2,1H3. The largest absolute Gasteiger partial charge is 0.465 e. The van der Waals surface area contributed by atoms with E-state index in [2.05, 4.69) is 0 Å². The Labute approximate surface area is 117 Å². The summed E-state index contributed by atoms with van der Waals surface area (Å²) in [6, 6.07) is 0. The van der Waals surface area contributed by atoms with Crippen molar-refractivity contribution in [2.24, 2.45) is 5.41 Å². The molecule has 2 aliphatic rings. The molecule has 1 aliphatic heterocycles. The van der Waals surface area contributed by atoms with E-state index in [-0.39, 0.29) is 38.1 Å². The summed E-state index contributed by atoms with van der Waals surface area (Å²) in [6.45, 7) is 2.81. The van der Waals surface area contributed by atoms with Crippen LogP contribution in [0, 0.1) is 5.41 Å².